The lowest BCUT2D eigenvalue weighted by Gasteiger charge is -2.35. The molecule has 1 aliphatic heterocycles. The second-order valence-corrected chi connectivity index (χ2v) is 10.4. The molecule has 162 valence electrons. The van der Waals surface area contributed by atoms with Crippen molar-refractivity contribution in [1.82, 2.24) is 14.1 Å². The number of hydrogen-bond acceptors (Lipinski definition) is 5. The van der Waals surface area contributed by atoms with Crippen molar-refractivity contribution in [2.45, 2.75) is 31.3 Å². The van der Waals surface area contributed by atoms with Gasteiger partial charge in [0.1, 0.15) is 17.0 Å². The lowest BCUT2D eigenvalue weighted by Crippen LogP contribution is -2.52. The average Bonchev–Trinajstić information content (AvgIpc) is 2.62. The minimum atomic E-state index is -3.83. The number of halogens is 2. The van der Waals surface area contributed by atoms with Crippen LogP contribution < -0.4 is 0 Å². The number of carbonyl (C=O) groups excluding carboxylic acids is 2. The minimum Gasteiger partial charge on any atom is -0.444 e. The molecule has 11 heteroatoms. The molecule has 0 aromatic heterocycles. The fourth-order valence-corrected chi connectivity index (χ4v) is 4.86. The van der Waals surface area contributed by atoms with Crippen molar-refractivity contribution in [3.05, 3.63) is 28.2 Å². The Hall–Kier alpha value is -1.55. The molecule has 2 rings (SSSR count). The Balaban J connectivity index is 1.97. The summed E-state index contributed by atoms with van der Waals surface area (Å²) in [5.41, 5.74) is -0.657. The third-order valence-electron chi connectivity index (χ3n) is 4.18. The van der Waals surface area contributed by atoms with Crippen molar-refractivity contribution in [3.8, 4) is 0 Å². The average molecular weight is 466 g/mol. The Morgan fingerprint density at radius 2 is 1.72 bits per heavy atom. The van der Waals surface area contributed by atoms with Gasteiger partial charge in [0.15, 0.2) is 0 Å². The zero-order valence-corrected chi connectivity index (χ0v) is 19.1. The first-order valence-corrected chi connectivity index (χ1v) is 11.2. The standard InChI is InChI=1S/C18H25Cl2N3O5S/c1-18(2,3)28-17(25)21(4)12-16(24)22-7-9-23(10-8-22)29(26,27)15-11-13(19)5-6-14(15)20/h5-6,11H,7-10,12H2,1-4H3. The topological polar surface area (TPSA) is 87.2 Å². The summed E-state index contributed by atoms with van der Waals surface area (Å²) in [6.45, 7) is 5.73. The van der Waals surface area contributed by atoms with Gasteiger partial charge < -0.3 is 14.5 Å². The molecule has 0 atom stereocenters. The summed E-state index contributed by atoms with van der Waals surface area (Å²) in [6, 6.07) is 4.26. The highest BCUT2D eigenvalue weighted by Crippen LogP contribution is 2.28. The molecule has 0 bridgehead atoms. The summed E-state index contributed by atoms with van der Waals surface area (Å²) in [7, 11) is -2.35. The van der Waals surface area contributed by atoms with Crippen molar-refractivity contribution in [3.63, 3.8) is 0 Å². The Labute approximate surface area is 181 Å². The second-order valence-electron chi connectivity index (χ2n) is 7.70. The third kappa shape index (κ3) is 6.21. The van der Waals surface area contributed by atoms with Crippen LogP contribution in [0.15, 0.2) is 23.1 Å². The van der Waals surface area contributed by atoms with Crippen molar-refractivity contribution in [1.29, 1.82) is 0 Å². The Morgan fingerprint density at radius 3 is 2.28 bits per heavy atom. The van der Waals surface area contributed by atoms with Gasteiger partial charge in [-0.1, -0.05) is 23.2 Å². The monoisotopic (exact) mass is 465 g/mol. The van der Waals surface area contributed by atoms with Crippen LogP contribution in [0.25, 0.3) is 0 Å². The van der Waals surface area contributed by atoms with E-state index in [1.807, 2.05) is 0 Å². The number of ether oxygens (including phenoxy) is 1. The highest BCUT2D eigenvalue weighted by atomic mass is 35.5. The van der Waals surface area contributed by atoms with E-state index in [1.54, 1.807) is 20.8 Å². The van der Waals surface area contributed by atoms with Crippen LogP contribution in [0.2, 0.25) is 10.0 Å². The van der Waals surface area contributed by atoms with Crippen molar-refractivity contribution < 1.29 is 22.7 Å². The molecule has 0 radical (unpaired) electrons. The molecule has 1 saturated heterocycles. The Morgan fingerprint density at radius 1 is 1.14 bits per heavy atom. The fourth-order valence-electron chi connectivity index (χ4n) is 2.70. The SMILES string of the molecule is CN(CC(=O)N1CCN(S(=O)(=O)c2cc(Cl)ccc2Cl)CC1)C(=O)OC(C)(C)C. The number of nitrogens with zero attached hydrogens (tertiary/aromatic N) is 3. The van der Waals surface area contributed by atoms with Gasteiger partial charge in [0.05, 0.1) is 5.02 Å². The first-order valence-electron chi connectivity index (χ1n) is 8.98. The van der Waals surface area contributed by atoms with E-state index in [1.165, 1.54) is 39.4 Å². The number of carbonyl (C=O) groups is 2. The molecule has 1 aliphatic rings. The van der Waals surface area contributed by atoms with Crippen LogP contribution in [0.4, 0.5) is 4.79 Å². The predicted molar refractivity (Wildman–Crippen MR) is 111 cm³/mol. The molecule has 1 aromatic carbocycles. The van der Waals surface area contributed by atoms with E-state index in [-0.39, 0.29) is 53.6 Å². The molecular weight excluding hydrogens is 441 g/mol. The molecule has 0 aliphatic carbocycles. The van der Waals surface area contributed by atoms with Crippen molar-refractivity contribution in [2.24, 2.45) is 0 Å². The molecule has 8 nitrogen and oxygen atoms in total. The molecule has 0 N–H and O–H groups in total. The van der Waals surface area contributed by atoms with Crippen molar-refractivity contribution in [2.75, 3.05) is 39.8 Å². The summed E-state index contributed by atoms with van der Waals surface area (Å²) >= 11 is 11.9. The first kappa shape index (κ1) is 23.7. The van der Waals surface area contributed by atoms with Gasteiger partial charge in [0, 0.05) is 38.2 Å². The van der Waals surface area contributed by atoms with E-state index < -0.39 is 21.7 Å². The molecule has 1 aromatic rings. The van der Waals surface area contributed by atoms with Crippen LogP contribution >= 0.6 is 23.2 Å². The summed E-state index contributed by atoms with van der Waals surface area (Å²) in [4.78, 5) is 27.1. The third-order valence-corrected chi connectivity index (χ3v) is 6.80. The summed E-state index contributed by atoms with van der Waals surface area (Å²) < 4.78 is 32.2. The van der Waals surface area contributed by atoms with Crippen LogP contribution in [0, 0.1) is 0 Å². The molecule has 1 heterocycles. The van der Waals surface area contributed by atoms with Gasteiger partial charge in [-0.2, -0.15) is 4.31 Å². The second kappa shape index (κ2) is 9.07. The van der Waals surface area contributed by atoms with Gasteiger partial charge in [-0.15, -0.1) is 0 Å². The number of likely N-dealkylation sites (N-methyl/N-ethyl adjacent to an activating group) is 1. The van der Waals surface area contributed by atoms with E-state index in [4.69, 9.17) is 27.9 Å². The number of benzene rings is 1. The van der Waals surface area contributed by atoms with E-state index in [2.05, 4.69) is 0 Å². The fraction of sp³-hybridized carbons (Fsp3) is 0.556. The molecule has 0 saturated carbocycles. The smallest absolute Gasteiger partial charge is 0.410 e. The van der Waals surface area contributed by atoms with Gasteiger partial charge in [0.25, 0.3) is 0 Å². The lowest BCUT2D eigenvalue weighted by atomic mass is 10.2. The van der Waals surface area contributed by atoms with Crippen molar-refractivity contribution >= 4 is 45.2 Å². The Kier molecular flexibility index (Phi) is 7.42. The van der Waals surface area contributed by atoms with E-state index >= 15 is 0 Å². The predicted octanol–water partition coefficient (Wildman–Crippen LogP) is 2.69. The zero-order valence-electron chi connectivity index (χ0n) is 16.8. The Bertz CT molecular complexity index is 878. The van der Waals surface area contributed by atoms with Gasteiger partial charge in [-0.05, 0) is 39.0 Å². The molecule has 2 amide bonds. The lowest BCUT2D eigenvalue weighted by molar-refractivity contribution is -0.133. The maximum Gasteiger partial charge on any atom is 0.410 e. The minimum absolute atomic E-state index is 0.0592. The highest BCUT2D eigenvalue weighted by molar-refractivity contribution is 7.89. The molecule has 29 heavy (non-hydrogen) atoms. The largest absolute Gasteiger partial charge is 0.444 e. The normalized spacial score (nSPS) is 15.9. The number of amides is 2. The molecule has 0 unspecified atom stereocenters. The van der Waals surface area contributed by atoms with E-state index in [0.29, 0.717) is 0 Å². The number of sulfonamides is 1. The number of piperazine rings is 1. The maximum absolute atomic E-state index is 12.8. The van der Waals surface area contributed by atoms with Crippen LogP contribution in [0.5, 0.6) is 0 Å². The summed E-state index contributed by atoms with van der Waals surface area (Å²) in [5, 5.41) is 0.360. The zero-order chi connectivity index (χ0) is 22.0. The first-order chi connectivity index (χ1) is 13.3. The summed E-state index contributed by atoms with van der Waals surface area (Å²) in [5.74, 6) is -0.281. The van der Waals surface area contributed by atoms with Gasteiger partial charge in [-0.3, -0.25) is 4.79 Å². The molecular formula is C18H25Cl2N3O5S. The van der Waals surface area contributed by atoms with Gasteiger partial charge >= 0.3 is 6.09 Å². The van der Waals surface area contributed by atoms with Gasteiger partial charge in [0.2, 0.25) is 15.9 Å². The van der Waals surface area contributed by atoms with E-state index in [9.17, 15) is 18.0 Å². The van der Waals surface area contributed by atoms with Crippen LogP contribution in [-0.2, 0) is 19.6 Å². The highest BCUT2D eigenvalue weighted by Gasteiger charge is 2.32. The number of rotatable bonds is 4. The summed E-state index contributed by atoms with van der Waals surface area (Å²) in [6.07, 6.45) is -0.595. The number of hydrogen-bond donors (Lipinski definition) is 0. The molecule has 0 spiro atoms. The van der Waals surface area contributed by atoms with Crippen LogP contribution in [-0.4, -0.2) is 79.9 Å². The quantitative estimate of drug-likeness (QED) is 0.681. The molecule has 1 fully saturated rings. The maximum atomic E-state index is 12.8. The van der Waals surface area contributed by atoms with Crippen LogP contribution in [0.1, 0.15) is 20.8 Å². The van der Waals surface area contributed by atoms with Crippen LogP contribution in [0.3, 0.4) is 0 Å². The van der Waals surface area contributed by atoms with Gasteiger partial charge in [-0.25, -0.2) is 13.2 Å². The van der Waals surface area contributed by atoms with E-state index in [0.717, 1.165) is 0 Å².